The van der Waals surface area contributed by atoms with Crippen LogP contribution in [0.4, 0.5) is 0 Å². The summed E-state index contributed by atoms with van der Waals surface area (Å²) in [6.45, 7) is 5.01. The number of likely N-dealkylation sites (tertiary alicyclic amines) is 1. The lowest BCUT2D eigenvalue weighted by atomic mass is 9.86. The molecule has 1 aromatic carbocycles. The molecule has 0 spiro atoms. The van der Waals surface area contributed by atoms with Crippen molar-refractivity contribution in [2.45, 2.75) is 45.6 Å². The molecule has 1 unspecified atom stereocenters. The number of hydrogen-bond donors (Lipinski definition) is 0. The first-order valence-corrected chi connectivity index (χ1v) is 10.8. The summed E-state index contributed by atoms with van der Waals surface area (Å²) in [5.74, 6) is 0.493. The van der Waals surface area contributed by atoms with E-state index in [1.807, 2.05) is 43.5 Å². The molecule has 1 saturated heterocycles. The summed E-state index contributed by atoms with van der Waals surface area (Å²) in [5.41, 5.74) is 4.09. The number of aromatic nitrogens is 3. The molecular formula is C25H27N5O. The number of rotatable bonds is 5. The van der Waals surface area contributed by atoms with E-state index >= 15 is 0 Å². The molecule has 4 rings (SSSR count). The smallest absolute Gasteiger partial charge is 0.256 e. The van der Waals surface area contributed by atoms with Crippen molar-refractivity contribution in [3.05, 3.63) is 77.4 Å². The number of amides is 1. The zero-order valence-electron chi connectivity index (χ0n) is 18.0. The molecule has 0 saturated carbocycles. The lowest BCUT2D eigenvalue weighted by Gasteiger charge is -2.40. The lowest BCUT2D eigenvalue weighted by molar-refractivity contribution is 0.0499. The van der Waals surface area contributed by atoms with Crippen LogP contribution in [0.1, 0.15) is 53.4 Å². The van der Waals surface area contributed by atoms with E-state index < -0.39 is 0 Å². The minimum atomic E-state index is 0.0681. The van der Waals surface area contributed by atoms with Crippen LogP contribution in [0.5, 0.6) is 0 Å². The van der Waals surface area contributed by atoms with Crippen LogP contribution in [0.15, 0.2) is 55.0 Å². The maximum absolute atomic E-state index is 13.8. The lowest BCUT2D eigenvalue weighted by Crippen LogP contribution is -2.48. The summed E-state index contributed by atoms with van der Waals surface area (Å²) in [5, 5.41) is 13.3. The zero-order chi connectivity index (χ0) is 21.8. The van der Waals surface area contributed by atoms with Gasteiger partial charge in [0.25, 0.3) is 5.91 Å². The highest BCUT2D eigenvalue weighted by Crippen LogP contribution is 2.29. The van der Waals surface area contributed by atoms with Crippen molar-refractivity contribution in [3.63, 3.8) is 0 Å². The van der Waals surface area contributed by atoms with Gasteiger partial charge in [-0.2, -0.15) is 10.4 Å². The highest BCUT2D eigenvalue weighted by molar-refractivity contribution is 5.98. The minimum Gasteiger partial charge on any atom is -0.335 e. The Hall–Kier alpha value is -3.46. The van der Waals surface area contributed by atoms with Gasteiger partial charge in [0.1, 0.15) is 6.07 Å². The summed E-state index contributed by atoms with van der Waals surface area (Å²) in [6.07, 6.45) is 8.99. The first-order valence-electron chi connectivity index (χ1n) is 10.8. The van der Waals surface area contributed by atoms with Gasteiger partial charge in [0.15, 0.2) is 0 Å². The van der Waals surface area contributed by atoms with E-state index in [0.717, 1.165) is 49.2 Å². The van der Waals surface area contributed by atoms with Crippen LogP contribution in [0.3, 0.4) is 0 Å². The Morgan fingerprint density at radius 1 is 1.29 bits per heavy atom. The summed E-state index contributed by atoms with van der Waals surface area (Å²) in [7, 11) is 0. The molecule has 6 heteroatoms. The molecule has 0 aliphatic carbocycles. The van der Waals surface area contributed by atoms with Gasteiger partial charge in [0.05, 0.1) is 16.8 Å². The zero-order valence-corrected chi connectivity index (χ0v) is 18.0. The predicted octanol–water partition coefficient (Wildman–Crippen LogP) is 4.32. The highest BCUT2D eigenvalue weighted by atomic mass is 16.2. The Morgan fingerprint density at radius 2 is 2.16 bits per heavy atom. The number of pyridine rings is 1. The summed E-state index contributed by atoms with van der Waals surface area (Å²) in [4.78, 5) is 20.2. The quantitative estimate of drug-likeness (QED) is 0.624. The number of aryl methyl sites for hydroxylation is 2. The second-order valence-electron chi connectivity index (χ2n) is 8.35. The number of carbonyl (C=O) groups is 1. The standard InChI is InChI=1S/C25H27N5O/c1-18-6-10-24(30-14-4-12-28-30)22(15-18)25(31)29-13-3-5-19(2)23(29)11-9-21-8-7-20(16-26)17-27-21/h4,6-8,10,12,14-15,17,19,23H,3,5,9,11,13H2,1-2H3/t19-,23?/m1/s1. The van der Waals surface area contributed by atoms with Crippen LogP contribution >= 0.6 is 0 Å². The number of piperidine rings is 1. The molecule has 2 atom stereocenters. The van der Waals surface area contributed by atoms with Crippen molar-refractivity contribution in [2.75, 3.05) is 6.54 Å². The third-order valence-electron chi connectivity index (χ3n) is 6.16. The van der Waals surface area contributed by atoms with Crippen LogP contribution in [0, 0.1) is 24.2 Å². The molecule has 1 amide bonds. The van der Waals surface area contributed by atoms with Gasteiger partial charge >= 0.3 is 0 Å². The Kier molecular flexibility index (Phi) is 6.13. The minimum absolute atomic E-state index is 0.0681. The monoisotopic (exact) mass is 413 g/mol. The van der Waals surface area contributed by atoms with Gasteiger partial charge in [-0.15, -0.1) is 0 Å². The van der Waals surface area contributed by atoms with E-state index in [9.17, 15) is 4.79 Å². The number of benzene rings is 1. The van der Waals surface area contributed by atoms with Crippen LogP contribution in [0.2, 0.25) is 0 Å². The first kappa shape index (κ1) is 20.8. The maximum atomic E-state index is 13.8. The first-order chi connectivity index (χ1) is 15.1. The third kappa shape index (κ3) is 4.51. The molecule has 6 nitrogen and oxygen atoms in total. The molecule has 31 heavy (non-hydrogen) atoms. The maximum Gasteiger partial charge on any atom is 0.256 e. The van der Waals surface area contributed by atoms with Crippen molar-refractivity contribution < 1.29 is 4.79 Å². The fraction of sp³-hybridized carbons (Fsp3) is 0.360. The fourth-order valence-electron chi connectivity index (χ4n) is 4.46. The summed E-state index contributed by atoms with van der Waals surface area (Å²) < 4.78 is 1.76. The van der Waals surface area contributed by atoms with Gasteiger partial charge in [-0.05, 0) is 68.9 Å². The second kappa shape index (κ2) is 9.13. The van der Waals surface area contributed by atoms with Gasteiger partial charge in [-0.3, -0.25) is 9.78 Å². The number of nitrogens with zero attached hydrogens (tertiary/aromatic N) is 5. The van der Waals surface area contributed by atoms with Gasteiger partial charge in [0.2, 0.25) is 0 Å². The fourth-order valence-corrected chi connectivity index (χ4v) is 4.46. The van der Waals surface area contributed by atoms with E-state index in [2.05, 4.69) is 28.0 Å². The van der Waals surface area contributed by atoms with Crippen LogP contribution in [-0.2, 0) is 6.42 Å². The Balaban J connectivity index is 1.58. The Morgan fingerprint density at radius 3 is 2.87 bits per heavy atom. The molecule has 158 valence electrons. The Bertz CT molecular complexity index is 1080. The molecule has 1 fully saturated rings. The van der Waals surface area contributed by atoms with Crippen LogP contribution < -0.4 is 0 Å². The van der Waals surface area contributed by atoms with Gasteiger partial charge in [-0.1, -0.05) is 18.6 Å². The molecule has 0 bridgehead atoms. The van der Waals surface area contributed by atoms with Crippen LogP contribution in [-0.4, -0.2) is 38.2 Å². The molecule has 0 radical (unpaired) electrons. The van der Waals surface area contributed by atoms with E-state index in [-0.39, 0.29) is 11.9 Å². The van der Waals surface area contributed by atoms with Gasteiger partial charge < -0.3 is 4.90 Å². The normalized spacial score (nSPS) is 18.5. The van der Waals surface area contributed by atoms with Crippen LogP contribution in [0.25, 0.3) is 5.69 Å². The average molecular weight is 414 g/mol. The number of carbonyl (C=O) groups excluding carboxylic acids is 1. The van der Waals surface area contributed by atoms with E-state index in [1.54, 1.807) is 23.1 Å². The topological polar surface area (TPSA) is 74.8 Å². The highest BCUT2D eigenvalue weighted by Gasteiger charge is 2.33. The predicted molar refractivity (Wildman–Crippen MR) is 119 cm³/mol. The van der Waals surface area contributed by atoms with Gasteiger partial charge in [-0.25, -0.2) is 4.68 Å². The van der Waals surface area contributed by atoms with E-state index in [1.165, 1.54) is 0 Å². The summed E-state index contributed by atoms with van der Waals surface area (Å²) >= 11 is 0. The van der Waals surface area contributed by atoms with E-state index in [4.69, 9.17) is 5.26 Å². The molecule has 0 N–H and O–H groups in total. The van der Waals surface area contributed by atoms with Crippen molar-refractivity contribution in [1.82, 2.24) is 19.7 Å². The average Bonchev–Trinajstić information content (AvgIpc) is 3.32. The molecular weight excluding hydrogens is 386 g/mol. The Labute approximate surface area is 183 Å². The molecule has 1 aliphatic heterocycles. The second-order valence-corrected chi connectivity index (χ2v) is 8.35. The molecule has 3 heterocycles. The summed E-state index contributed by atoms with van der Waals surface area (Å²) in [6, 6.07) is 13.8. The number of nitriles is 1. The molecule has 1 aliphatic rings. The van der Waals surface area contributed by atoms with E-state index in [0.29, 0.717) is 17.0 Å². The molecule has 3 aromatic rings. The van der Waals surface area contributed by atoms with Crippen molar-refractivity contribution in [3.8, 4) is 11.8 Å². The van der Waals surface area contributed by atoms with Crippen molar-refractivity contribution >= 4 is 5.91 Å². The SMILES string of the molecule is Cc1ccc(-n2cccn2)c(C(=O)N2CCC[C@@H](C)C2CCc2ccc(C#N)cn2)c1. The van der Waals surface area contributed by atoms with Gasteiger partial charge in [0, 0.05) is 36.9 Å². The van der Waals surface area contributed by atoms with Crippen molar-refractivity contribution in [2.24, 2.45) is 5.92 Å². The third-order valence-corrected chi connectivity index (χ3v) is 6.16. The molecule has 2 aromatic heterocycles. The number of hydrogen-bond acceptors (Lipinski definition) is 4. The van der Waals surface area contributed by atoms with Crippen molar-refractivity contribution in [1.29, 1.82) is 5.26 Å². The largest absolute Gasteiger partial charge is 0.335 e.